The van der Waals surface area contributed by atoms with Gasteiger partial charge in [0.05, 0.1) is 5.69 Å². The van der Waals surface area contributed by atoms with E-state index < -0.39 is 0 Å². The number of rotatable bonds is 6. The lowest BCUT2D eigenvalue weighted by Crippen LogP contribution is -2.33. The second kappa shape index (κ2) is 6.98. The maximum absolute atomic E-state index is 12.3. The van der Waals surface area contributed by atoms with Crippen LogP contribution in [0.1, 0.15) is 44.1 Å². The van der Waals surface area contributed by atoms with Crippen LogP contribution < -0.4 is 11.1 Å². The molecule has 118 valence electrons. The number of amides is 1. The average Bonchev–Trinajstić information content (AvgIpc) is 3.03. The lowest BCUT2D eigenvalue weighted by atomic mass is 10.1. The van der Waals surface area contributed by atoms with Crippen LogP contribution in [-0.4, -0.2) is 41.1 Å². The fourth-order valence-corrected chi connectivity index (χ4v) is 2.98. The maximum atomic E-state index is 12.3. The van der Waals surface area contributed by atoms with E-state index in [9.17, 15) is 4.79 Å². The standard InChI is InChI=1S/C16H28N4O/c1-4-6-20-11-14(17)8-15(20)16(21)18-9-13-5-7-19(10-13)12(2)3/h8,11-13H,4-7,9-10,17H2,1-3H3,(H,18,21). The molecule has 1 aliphatic rings. The molecule has 2 heterocycles. The van der Waals surface area contributed by atoms with Gasteiger partial charge in [0.15, 0.2) is 0 Å². The van der Waals surface area contributed by atoms with Gasteiger partial charge in [-0.2, -0.15) is 0 Å². The third-order valence-electron chi connectivity index (χ3n) is 4.21. The molecule has 1 fully saturated rings. The van der Waals surface area contributed by atoms with Crippen LogP contribution in [0.15, 0.2) is 12.3 Å². The molecule has 21 heavy (non-hydrogen) atoms. The zero-order valence-electron chi connectivity index (χ0n) is 13.4. The van der Waals surface area contributed by atoms with Gasteiger partial charge in [0.25, 0.3) is 5.91 Å². The second-order valence-electron chi connectivity index (χ2n) is 6.31. The summed E-state index contributed by atoms with van der Waals surface area (Å²) in [6, 6.07) is 2.35. The van der Waals surface area contributed by atoms with Gasteiger partial charge >= 0.3 is 0 Å². The van der Waals surface area contributed by atoms with Crippen LogP contribution in [0.2, 0.25) is 0 Å². The quantitative estimate of drug-likeness (QED) is 0.842. The number of aryl methyl sites for hydroxylation is 1. The van der Waals surface area contributed by atoms with Crippen LogP contribution in [0.4, 0.5) is 5.69 Å². The minimum Gasteiger partial charge on any atom is -0.397 e. The summed E-state index contributed by atoms with van der Waals surface area (Å²) in [5.74, 6) is 0.548. The van der Waals surface area contributed by atoms with E-state index in [1.807, 2.05) is 10.8 Å². The first kappa shape index (κ1) is 15.9. The van der Waals surface area contributed by atoms with Crippen molar-refractivity contribution in [3.63, 3.8) is 0 Å². The fraction of sp³-hybridized carbons (Fsp3) is 0.688. The van der Waals surface area contributed by atoms with Gasteiger partial charge in [-0.3, -0.25) is 4.79 Å². The molecule has 0 bridgehead atoms. The van der Waals surface area contributed by atoms with Crippen LogP contribution in [0, 0.1) is 5.92 Å². The summed E-state index contributed by atoms with van der Waals surface area (Å²) in [6.07, 6.45) is 3.99. The minimum absolute atomic E-state index is 0.0110. The van der Waals surface area contributed by atoms with Crippen molar-refractivity contribution in [1.82, 2.24) is 14.8 Å². The van der Waals surface area contributed by atoms with E-state index in [2.05, 4.69) is 31.0 Å². The third kappa shape index (κ3) is 4.00. The second-order valence-corrected chi connectivity index (χ2v) is 6.31. The summed E-state index contributed by atoms with van der Waals surface area (Å²) in [7, 11) is 0. The van der Waals surface area contributed by atoms with Crippen LogP contribution in [-0.2, 0) is 6.54 Å². The first-order valence-corrected chi connectivity index (χ1v) is 7.99. The summed E-state index contributed by atoms with van der Waals surface area (Å²) in [6.45, 7) is 10.3. The third-order valence-corrected chi connectivity index (χ3v) is 4.21. The molecule has 1 aromatic heterocycles. The Morgan fingerprint density at radius 3 is 2.90 bits per heavy atom. The molecule has 1 unspecified atom stereocenters. The Labute approximate surface area is 127 Å². The SMILES string of the molecule is CCCn1cc(N)cc1C(=O)NCC1CCN(C(C)C)C1. The van der Waals surface area contributed by atoms with Gasteiger partial charge < -0.3 is 20.5 Å². The monoisotopic (exact) mass is 292 g/mol. The number of hydrogen-bond acceptors (Lipinski definition) is 3. The predicted octanol–water partition coefficient (Wildman–Crippen LogP) is 1.94. The molecular formula is C16H28N4O. The molecule has 0 saturated carbocycles. The molecule has 1 saturated heterocycles. The van der Waals surface area contributed by atoms with E-state index in [0.29, 0.717) is 23.3 Å². The highest BCUT2D eigenvalue weighted by Gasteiger charge is 2.24. The summed E-state index contributed by atoms with van der Waals surface area (Å²) >= 11 is 0. The Kier molecular flexibility index (Phi) is 5.28. The van der Waals surface area contributed by atoms with Crippen molar-refractivity contribution in [2.75, 3.05) is 25.4 Å². The number of nitrogens with one attached hydrogen (secondary N) is 1. The molecule has 1 amide bonds. The summed E-state index contributed by atoms with van der Waals surface area (Å²) in [5.41, 5.74) is 7.14. The number of nitrogen functional groups attached to an aromatic ring is 1. The maximum Gasteiger partial charge on any atom is 0.267 e. The van der Waals surface area contributed by atoms with Crippen molar-refractivity contribution in [3.8, 4) is 0 Å². The van der Waals surface area contributed by atoms with Crippen LogP contribution in [0.5, 0.6) is 0 Å². The van der Waals surface area contributed by atoms with Gasteiger partial charge in [0.2, 0.25) is 0 Å². The van der Waals surface area contributed by atoms with Crippen molar-refractivity contribution in [3.05, 3.63) is 18.0 Å². The number of aromatic nitrogens is 1. The van der Waals surface area contributed by atoms with Gasteiger partial charge in [-0.25, -0.2) is 0 Å². The average molecular weight is 292 g/mol. The molecule has 0 aromatic carbocycles. The van der Waals surface area contributed by atoms with Crippen molar-refractivity contribution in [2.45, 2.75) is 46.2 Å². The van der Waals surface area contributed by atoms with Crippen LogP contribution in [0.3, 0.4) is 0 Å². The summed E-state index contributed by atoms with van der Waals surface area (Å²) in [4.78, 5) is 14.8. The van der Waals surface area contributed by atoms with Crippen molar-refractivity contribution < 1.29 is 4.79 Å². The van der Waals surface area contributed by atoms with Crippen molar-refractivity contribution in [2.24, 2.45) is 5.92 Å². The Morgan fingerprint density at radius 1 is 1.52 bits per heavy atom. The van der Waals surface area contributed by atoms with Crippen molar-refractivity contribution >= 4 is 11.6 Å². The first-order valence-electron chi connectivity index (χ1n) is 7.99. The normalized spacial score (nSPS) is 19.3. The number of anilines is 1. The number of nitrogens with two attached hydrogens (primary N) is 1. The zero-order chi connectivity index (χ0) is 15.4. The van der Waals surface area contributed by atoms with E-state index >= 15 is 0 Å². The van der Waals surface area contributed by atoms with Crippen molar-refractivity contribution in [1.29, 1.82) is 0 Å². The zero-order valence-corrected chi connectivity index (χ0v) is 13.4. The molecule has 2 rings (SSSR count). The molecule has 1 atom stereocenters. The van der Waals surface area contributed by atoms with Gasteiger partial charge in [-0.1, -0.05) is 6.92 Å². The Bertz CT molecular complexity index is 481. The largest absolute Gasteiger partial charge is 0.397 e. The fourth-order valence-electron chi connectivity index (χ4n) is 2.98. The van der Waals surface area contributed by atoms with E-state index in [0.717, 1.165) is 39.0 Å². The molecule has 3 N–H and O–H groups in total. The topological polar surface area (TPSA) is 63.3 Å². The lowest BCUT2D eigenvalue weighted by Gasteiger charge is -2.20. The Balaban J connectivity index is 1.88. The molecule has 0 spiro atoms. The highest BCUT2D eigenvalue weighted by atomic mass is 16.1. The number of likely N-dealkylation sites (tertiary alicyclic amines) is 1. The molecule has 1 aromatic rings. The highest BCUT2D eigenvalue weighted by Crippen LogP contribution is 2.18. The van der Waals surface area contributed by atoms with Gasteiger partial charge in [-0.15, -0.1) is 0 Å². The number of hydrogen-bond donors (Lipinski definition) is 2. The Morgan fingerprint density at radius 2 is 2.29 bits per heavy atom. The number of nitrogens with zero attached hydrogens (tertiary/aromatic N) is 2. The van der Waals surface area contributed by atoms with E-state index in [1.54, 1.807) is 6.07 Å². The minimum atomic E-state index is -0.0110. The van der Waals surface area contributed by atoms with E-state index in [1.165, 1.54) is 0 Å². The Hall–Kier alpha value is -1.49. The van der Waals surface area contributed by atoms with Crippen LogP contribution in [0.25, 0.3) is 0 Å². The molecule has 5 nitrogen and oxygen atoms in total. The van der Waals surface area contributed by atoms with Gasteiger partial charge in [0, 0.05) is 31.9 Å². The number of carbonyl (C=O) groups excluding carboxylic acids is 1. The summed E-state index contributed by atoms with van der Waals surface area (Å²) in [5, 5.41) is 3.07. The molecule has 5 heteroatoms. The molecule has 1 aliphatic heterocycles. The van der Waals surface area contributed by atoms with Gasteiger partial charge in [0.1, 0.15) is 5.69 Å². The lowest BCUT2D eigenvalue weighted by molar-refractivity contribution is 0.0937. The summed E-state index contributed by atoms with van der Waals surface area (Å²) < 4.78 is 1.94. The molecule has 0 radical (unpaired) electrons. The number of carbonyl (C=O) groups is 1. The molecular weight excluding hydrogens is 264 g/mol. The van der Waals surface area contributed by atoms with E-state index in [4.69, 9.17) is 5.73 Å². The van der Waals surface area contributed by atoms with E-state index in [-0.39, 0.29) is 5.91 Å². The smallest absolute Gasteiger partial charge is 0.267 e. The molecule has 0 aliphatic carbocycles. The highest BCUT2D eigenvalue weighted by molar-refractivity contribution is 5.93. The predicted molar refractivity (Wildman–Crippen MR) is 86.3 cm³/mol. The van der Waals surface area contributed by atoms with Crippen LogP contribution >= 0.6 is 0 Å². The first-order chi connectivity index (χ1) is 10.0. The van der Waals surface area contributed by atoms with Gasteiger partial charge in [-0.05, 0) is 45.2 Å².